The fraction of sp³-hybridized carbons (Fsp3) is 0.167. The number of nitrogens with two attached hydrogens (primary N) is 1. The van der Waals surface area contributed by atoms with Gasteiger partial charge in [0.15, 0.2) is 27.3 Å². The summed E-state index contributed by atoms with van der Waals surface area (Å²) in [4.78, 5) is 33.7. The highest BCUT2D eigenvalue weighted by molar-refractivity contribution is 7.16. The molecule has 6 aromatic rings. The zero-order valence-electron chi connectivity index (χ0n) is 22.7. The number of thiazole rings is 2. The summed E-state index contributed by atoms with van der Waals surface area (Å²) in [5.41, 5.74) is 10.0. The van der Waals surface area contributed by atoms with Crippen LogP contribution in [-0.2, 0) is 0 Å². The second-order valence-electron chi connectivity index (χ2n) is 7.62. The van der Waals surface area contributed by atoms with Crippen LogP contribution in [0.1, 0.15) is 0 Å². The summed E-state index contributed by atoms with van der Waals surface area (Å²) in [5.74, 6) is 3.36. The van der Waals surface area contributed by atoms with Crippen molar-refractivity contribution >= 4 is 95.6 Å². The van der Waals surface area contributed by atoms with Crippen LogP contribution in [0.4, 0.5) is 17.5 Å². The number of ether oxygens (including phenoxy) is 4. The number of nitrogens with zero attached hydrogens (tertiary/aromatic N) is 8. The van der Waals surface area contributed by atoms with Crippen LogP contribution in [0.5, 0.6) is 23.3 Å². The molecule has 14 nitrogen and oxygen atoms in total. The second-order valence-corrected chi connectivity index (χ2v) is 10.3. The van der Waals surface area contributed by atoms with Gasteiger partial charge in [-0.2, -0.15) is 15.0 Å². The molecule has 0 saturated carbocycles. The standard InChI is InChI=1S/C12H10ClN5O2S.C7H10N2O2.C5HCl2N3S/c1-19-6-3-4-7(16-10(6)20-2)15-9-8-11(21-5-14-8)18-12(13)17-9;1-10-5-3-4-6(8)9-7(5)11-2;6-3-2-4(11-1-8-2)10-5(7)9-3/h3-5H,1-2H3,(H,15,16,17,18);3-4H,1-2H3,(H2,8,9);1H. The van der Waals surface area contributed by atoms with Crippen molar-refractivity contribution < 1.29 is 18.9 Å². The van der Waals surface area contributed by atoms with E-state index in [1.807, 2.05) is 0 Å². The van der Waals surface area contributed by atoms with Crippen molar-refractivity contribution in [1.29, 1.82) is 0 Å². The Hall–Kier alpha value is -4.09. The Kier molecular flexibility index (Phi) is 11.0. The highest BCUT2D eigenvalue weighted by Gasteiger charge is 2.12. The van der Waals surface area contributed by atoms with E-state index in [1.165, 1.54) is 36.9 Å². The quantitative estimate of drug-likeness (QED) is 0.155. The molecule has 0 aliphatic rings. The Morgan fingerprint density at radius 1 is 0.651 bits per heavy atom. The van der Waals surface area contributed by atoms with Gasteiger partial charge >= 0.3 is 0 Å². The summed E-state index contributed by atoms with van der Waals surface area (Å²) in [6.45, 7) is 0. The highest BCUT2D eigenvalue weighted by Crippen LogP contribution is 2.30. The molecular weight excluding hydrogens is 663 g/mol. The fourth-order valence-corrected chi connectivity index (χ4v) is 5.26. The molecule has 0 unspecified atom stereocenters. The van der Waals surface area contributed by atoms with Crippen LogP contribution < -0.4 is 30.0 Å². The Balaban J connectivity index is 0.000000162. The maximum Gasteiger partial charge on any atom is 0.258 e. The molecule has 0 aliphatic heterocycles. The van der Waals surface area contributed by atoms with Crippen LogP contribution in [-0.4, -0.2) is 68.3 Å². The number of hydrogen-bond donors (Lipinski definition) is 2. The Morgan fingerprint density at radius 3 is 1.84 bits per heavy atom. The number of hydrogen-bond acceptors (Lipinski definition) is 16. The monoisotopic (exact) mass is 682 g/mol. The van der Waals surface area contributed by atoms with Gasteiger partial charge in [-0.25, -0.2) is 24.9 Å². The molecule has 224 valence electrons. The van der Waals surface area contributed by atoms with Crippen LogP contribution in [0, 0.1) is 0 Å². The number of rotatable bonds is 6. The van der Waals surface area contributed by atoms with Gasteiger partial charge in [-0.1, -0.05) is 11.6 Å². The lowest BCUT2D eigenvalue weighted by Crippen LogP contribution is -2.01. The molecule has 0 atom stereocenters. The minimum absolute atomic E-state index is 0.148. The van der Waals surface area contributed by atoms with E-state index >= 15 is 0 Å². The van der Waals surface area contributed by atoms with E-state index < -0.39 is 0 Å². The average molecular weight is 684 g/mol. The lowest BCUT2D eigenvalue weighted by Gasteiger charge is -2.09. The van der Waals surface area contributed by atoms with Crippen LogP contribution in [0.15, 0.2) is 35.3 Å². The first kappa shape index (κ1) is 31.8. The molecule has 0 fully saturated rings. The molecule has 3 N–H and O–H groups in total. The van der Waals surface area contributed by atoms with Crippen molar-refractivity contribution in [3.63, 3.8) is 0 Å². The minimum Gasteiger partial charge on any atom is -0.491 e. The SMILES string of the molecule is COc1ccc(N)nc1OC.COc1ccc(Nc2nc(Cl)nc3scnc23)nc1OC.Clc1nc(Cl)c2ncsc2n1. The van der Waals surface area contributed by atoms with Crippen molar-refractivity contribution in [1.82, 2.24) is 39.9 Å². The number of anilines is 3. The summed E-state index contributed by atoms with van der Waals surface area (Å²) in [5, 5.41) is 3.68. The first-order valence-electron chi connectivity index (χ1n) is 11.7. The van der Waals surface area contributed by atoms with E-state index in [2.05, 4.69) is 45.2 Å². The van der Waals surface area contributed by atoms with E-state index in [1.54, 1.807) is 49.5 Å². The van der Waals surface area contributed by atoms with E-state index in [0.29, 0.717) is 61.7 Å². The average Bonchev–Trinajstić information content (AvgIpc) is 3.67. The number of nitrogens with one attached hydrogen (secondary N) is 1. The topological polar surface area (TPSA) is 178 Å². The summed E-state index contributed by atoms with van der Waals surface area (Å²) < 4.78 is 20.2. The van der Waals surface area contributed by atoms with Crippen LogP contribution in [0.25, 0.3) is 20.7 Å². The molecule has 0 amide bonds. The minimum atomic E-state index is 0.148. The largest absolute Gasteiger partial charge is 0.491 e. The summed E-state index contributed by atoms with van der Waals surface area (Å²) in [7, 11) is 6.14. The third-order valence-electron chi connectivity index (χ3n) is 5.04. The van der Waals surface area contributed by atoms with Crippen molar-refractivity contribution in [3.05, 3.63) is 51.0 Å². The zero-order chi connectivity index (χ0) is 30.9. The van der Waals surface area contributed by atoms with Gasteiger partial charge in [-0.15, -0.1) is 22.7 Å². The molecule has 19 heteroatoms. The van der Waals surface area contributed by atoms with Crippen LogP contribution >= 0.6 is 57.5 Å². The Bertz CT molecular complexity index is 1840. The second kappa shape index (κ2) is 14.9. The van der Waals surface area contributed by atoms with E-state index in [9.17, 15) is 0 Å². The highest BCUT2D eigenvalue weighted by atomic mass is 35.5. The van der Waals surface area contributed by atoms with Gasteiger partial charge in [0.05, 0.1) is 39.5 Å². The smallest absolute Gasteiger partial charge is 0.258 e. The molecule has 0 radical (unpaired) electrons. The third-order valence-corrected chi connectivity index (χ3v) is 7.08. The Labute approximate surface area is 267 Å². The fourth-order valence-electron chi connectivity index (χ4n) is 3.19. The zero-order valence-corrected chi connectivity index (χ0v) is 26.6. The molecule has 6 heterocycles. The van der Waals surface area contributed by atoms with Gasteiger partial charge in [0, 0.05) is 0 Å². The van der Waals surface area contributed by atoms with E-state index in [4.69, 9.17) is 59.5 Å². The number of methoxy groups -OCH3 is 4. The first-order valence-corrected chi connectivity index (χ1v) is 14.5. The van der Waals surface area contributed by atoms with Crippen molar-refractivity contribution in [2.24, 2.45) is 0 Å². The molecule has 0 bridgehead atoms. The maximum atomic E-state index is 5.90. The molecule has 43 heavy (non-hydrogen) atoms. The van der Waals surface area contributed by atoms with Gasteiger partial charge in [0.25, 0.3) is 11.8 Å². The number of fused-ring (bicyclic) bond motifs is 2. The van der Waals surface area contributed by atoms with Gasteiger partial charge < -0.3 is 30.0 Å². The van der Waals surface area contributed by atoms with E-state index in [-0.39, 0.29) is 10.6 Å². The van der Waals surface area contributed by atoms with E-state index in [0.717, 1.165) is 4.83 Å². The van der Waals surface area contributed by atoms with Gasteiger partial charge in [-0.3, -0.25) is 0 Å². The van der Waals surface area contributed by atoms with Crippen molar-refractivity contribution in [2.75, 3.05) is 39.5 Å². The van der Waals surface area contributed by atoms with Gasteiger partial charge in [0.2, 0.25) is 10.6 Å². The van der Waals surface area contributed by atoms with Crippen molar-refractivity contribution in [2.45, 2.75) is 0 Å². The number of halogens is 3. The molecule has 0 aromatic carbocycles. The number of aromatic nitrogens is 8. The first-order chi connectivity index (χ1) is 20.8. The predicted molar refractivity (Wildman–Crippen MR) is 168 cm³/mol. The molecule has 0 aliphatic carbocycles. The van der Waals surface area contributed by atoms with Crippen molar-refractivity contribution in [3.8, 4) is 23.3 Å². The van der Waals surface area contributed by atoms with Gasteiger partial charge in [0.1, 0.15) is 27.5 Å². The third kappa shape index (κ3) is 8.05. The lowest BCUT2D eigenvalue weighted by atomic mass is 10.4. The molecule has 0 saturated heterocycles. The number of pyridine rings is 2. The molecule has 6 rings (SSSR count). The summed E-state index contributed by atoms with van der Waals surface area (Å²) >= 11 is 19.9. The Morgan fingerprint density at radius 2 is 1.21 bits per heavy atom. The van der Waals surface area contributed by atoms with Crippen LogP contribution in [0.3, 0.4) is 0 Å². The molecule has 6 aromatic heterocycles. The normalized spacial score (nSPS) is 10.3. The predicted octanol–water partition coefficient (Wildman–Crippen LogP) is 5.97. The summed E-state index contributed by atoms with van der Waals surface area (Å²) in [6, 6.07) is 6.85. The van der Waals surface area contributed by atoms with Gasteiger partial charge in [-0.05, 0) is 47.5 Å². The number of nitrogen functional groups attached to an aromatic ring is 1. The summed E-state index contributed by atoms with van der Waals surface area (Å²) in [6.07, 6.45) is 0. The molecule has 0 spiro atoms. The maximum absolute atomic E-state index is 5.90. The molecular formula is C24H21Cl3N10O4S2. The lowest BCUT2D eigenvalue weighted by molar-refractivity contribution is 0.343. The van der Waals surface area contributed by atoms with Crippen LogP contribution in [0.2, 0.25) is 15.7 Å².